The van der Waals surface area contributed by atoms with Crippen LogP contribution in [0, 0.1) is 6.92 Å². The van der Waals surface area contributed by atoms with Gasteiger partial charge in [0, 0.05) is 18.7 Å². The summed E-state index contributed by atoms with van der Waals surface area (Å²) >= 11 is 1.56. The number of benzene rings is 1. The van der Waals surface area contributed by atoms with Crippen LogP contribution in [0.25, 0.3) is 0 Å². The lowest BCUT2D eigenvalue weighted by atomic mass is 10.1. The summed E-state index contributed by atoms with van der Waals surface area (Å²) in [5.74, 6) is 2.76. The molecule has 1 aliphatic heterocycles. The first-order chi connectivity index (χ1) is 11.4. The van der Waals surface area contributed by atoms with Gasteiger partial charge >= 0.3 is 0 Å². The van der Waals surface area contributed by atoms with Crippen LogP contribution in [0.1, 0.15) is 23.7 Å². The highest BCUT2D eigenvalue weighted by Gasteiger charge is 2.32. The maximum atomic E-state index is 11.6. The molecule has 1 atom stereocenters. The highest BCUT2D eigenvalue weighted by molar-refractivity contribution is 7.99. The Bertz CT molecular complexity index is 800. The minimum absolute atomic E-state index is 0.0364. The predicted molar refractivity (Wildman–Crippen MR) is 94.4 cm³/mol. The Kier molecular flexibility index (Phi) is 5.15. The van der Waals surface area contributed by atoms with E-state index in [9.17, 15) is 8.42 Å². The van der Waals surface area contributed by atoms with Gasteiger partial charge in [-0.2, -0.15) is 0 Å². The van der Waals surface area contributed by atoms with Crippen molar-refractivity contribution in [2.24, 2.45) is 7.05 Å². The maximum absolute atomic E-state index is 11.6. The van der Waals surface area contributed by atoms with Crippen LogP contribution < -0.4 is 4.74 Å². The molecule has 0 unspecified atom stereocenters. The summed E-state index contributed by atoms with van der Waals surface area (Å²) in [6.07, 6.45) is 0.634. The van der Waals surface area contributed by atoms with Crippen molar-refractivity contribution in [3.8, 4) is 5.75 Å². The minimum atomic E-state index is -2.91. The lowest BCUT2D eigenvalue weighted by molar-refractivity contribution is 0.343. The topological polar surface area (TPSA) is 74.1 Å². The zero-order valence-corrected chi connectivity index (χ0v) is 15.4. The van der Waals surface area contributed by atoms with E-state index in [1.54, 1.807) is 11.8 Å². The van der Waals surface area contributed by atoms with Crippen molar-refractivity contribution in [1.29, 1.82) is 0 Å². The zero-order chi connectivity index (χ0) is 17.2. The number of aromatic nitrogens is 3. The Hall–Kier alpha value is -1.54. The third-order valence-corrected chi connectivity index (χ3v) is 6.82. The average Bonchev–Trinajstić information content (AvgIpc) is 3.08. The normalized spacial score (nSPS) is 19.5. The fourth-order valence-electron chi connectivity index (χ4n) is 2.73. The molecule has 0 amide bonds. The monoisotopic (exact) mass is 367 g/mol. The molecule has 1 fully saturated rings. The van der Waals surface area contributed by atoms with Crippen molar-refractivity contribution in [1.82, 2.24) is 14.8 Å². The maximum Gasteiger partial charge on any atom is 0.191 e. The molecule has 0 spiro atoms. The van der Waals surface area contributed by atoms with Crippen LogP contribution in [0.4, 0.5) is 0 Å². The van der Waals surface area contributed by atoms with E-state index in [1.807, 2.05) is 42.8 Å². The number of rotatable bonds is 6. The van der Waals surface area contributed by atoms with E-state index in [0.29, 0.717) is 13.0 Å². The molecule has 0 radical (unpaired) electrons. The number of hydrogen-bond donors (Lipinski definition) is 0. The van der Waals surface area contributed by atoms with Crippen LogP contribution in [-0.2, 0) is 16.9 Å². The molecule has 1 aromatic carbocycles. The highest BCUT2D eigenvalue weighted by Crippen LogP contribution is 2.29. The van der Waals surface area contributed by atoms with Gasteiger partial charge in [0.05, 0.1) is 18.1 Å². The van der Waals surface area contributed by atoms with Gasteiger partial charge in [-0.05, 0) is 25.5 Å². The number of thioether (sulfide) groups is 1. The molecule has 6 nitrogen and oxygen atoms in total. The number of aryl methyl sites for hydroxylation is 1. The molecule has 0 saturated carbocycles. The second kappa shape index (κ2) is 7.14. The number of ether oxygens (including phenoxy) is 1. The van der Waals surface area contributed by atoms with Crippen LogP contribution in [0.15, 0.2) is 29.4 Å². The van der Waals surface area contributed by atoms with E-state index < -0.39 is 9.84 Å². The van der Waals surface area contributed by atoms with Crippen molar-refractivity contribution in [2.45, 2.75) is 24.4 Å². The second-order valence-electron chi connectivity index (χ2n) is 6.01. The third kappa shape index (κ3) is 4.10. The van der Waals surface area contributed by atoms with E-state index in [1.165, 1.54) is 5.56 Å². The van der Waals surface area contributed by atoms with Gasteiger partial charge in [0.15, 0.2) is 15.0 Å². The van der Waals surface area contributed by atoms with E-state index in [0.717, 1.165) is 22.5 Å². The molecule has 0 aliphatic carbocycles. The van der Waals surface area contributed by atoms with Gasteiger partial charge in [0.1, 0.15) is 11.6 Å². The molecule has 1 aromatic heterocycles. The van der Waals surface area contributed by atoms with Crippen molar-refractivity contribution < 1.29 is 13.2 Å². The zero-order valence-electron chi connectivity index (χ0n) is 13.8. The Labute approximate surface area is 146 Å². The molecule has 1 aliphatic rings. The first-order valence-electron chi connectivity index (χ1n) is 7.86. The van der Waals surface area contributed by atoms with Gasteiger partial charge in [-0.1, -0.05) is 29.5 Å². The number of sulfone groups is 1. The Balaban J connectivity index is 1.52. The second-order valence-corrected chi connectivity index (χ2v) is 9.30. The molecule has 1 saturated heterocycles. The van der Waals surface area contributed by atoms with E-state index in [-0.39, 0.29) is 17.4 Å². The number of hydrogen-bond acceptors (Lipinski definition) is 6. The molecular weight excluding hydrogens is 346 g/mol. The van der Waals surface area contributed by atoms with Crippen molar-refractivity contribution in [3.05, 3.63) is 35.7 Å². The third-order valence-electron chi connectivity index (χ3n) is 4.07. The molecule has 0 bridgehead atoms. The molecule has 3 rings (SSSR count). The average molecular weight is 367 g/mol. The molecule has 24 heavy (non-hydrogen) atoms. The molecule has 8 heteroatoms. The quantitative estimate of drug-likeness (QED) is 0.576. The van der Waals surface area contributed by atoms with Gasteiger partial charge in [-0.25, -0.2) is 8.42 Å². The lowest BCUT2D eigenvalue weighted by Crippen LogP contribution is -2.09. The summed E-state index contributed by atoms with van der Waals surface area (Å²) in [6, 6.07) is 7.96. The Morgan fingerprint density at radius 3 is 2.71 bits per heavy atom. The number of nitrogens with zero attached hydrogens (tertiary/aromatic N) is 3. The van der Waals surface area contributed by atoms with Crippen LogP contribution in [-0.4, -0.2) is 47.0 Å². The van der Waals surface area contributed by atoms with E-state index in [4.69, 9.17) is 4.74 Å². The summed E-state index contributed by atoms with van der Waals surface area (Å²) in [6.45, 7) is 2.62. The SMILES string of the molecule is Cc1ccc(OCCSc2nnc([C@H]3CCS(=O)(=O)C3)n2C)cc1. The van der Waals surface area contributed by atoms with Gasteiger partial charge in [0.2, 0.25) is 0 Å². The van der Waals surface area contributed by atoms with Crippen molar-refractivity contribution >= 4 is 21.6 Å². The summed E-state index contributed by atoms with van der Waals surface area (Å²) < 4.78 is 30.8. The first kappa shape index (κ1) is 17.3. The van der Waals surface area contributed by atoms with Crippen LogP contribution in [0.2, 0.25) is 0 Å². The fourth-order valence-corrected chi connectivity index (χ4v) is 5.21. The standard InChI is InChI=1S/C16H21N3O3S2/c1-12-3-5-14(6-4-12)22-8-9-23-16-18-17-15(19(16)2)13-7-10-24(20,21)11-13/h3-6,13H,7-11H2,1-2H3/t13-/m0/s1. The van der Waals surface area contributed by atoms with Crippen LogP contribution >= 0.6 is 11.8 Å². The van der Waals surface area contributed by atoms with Crippen molar-refractivity contribution in [3.63, 3.8) is 0 Å². The lowest BCUT2D eigenvalue weighted by Gasteiger charge is -2.08. The molecule has 130 valence electrons. The van der Waals surface area contributed by atoms with Gasteiger partial charge in [0.25, 0.3) is 0 Å². The van der Waals surface area contributed by atoms with E-state index in [2.05, 4.69) is 10.2 Å². The van der Waals surface area contributed by atoms with E-state index >= 15 is 0 Å². The molecular formula is C16H21N3O3S2. The van der Waals surface area contributed by atoms with Gasteiger partial charge in [-0.3, -0.25) is 0 Å². The minimum Gasteiger partial charge on any atom is -0.493 e. The Morgan fingerprint density at radius 2 is 2.04 bits per heavy atom. The van der Waals surface area contributed by atoms with Gasteiger partial charge < -0.3 is 9.30 Å². The molecule has 2 heterocycles. The summed E-state index contributed by atoms with van der Waals surface area (Å²) in [5.41, 5.74) is 1.21. The first-order valence-corrected chi connectivity index (χ1v) is 10.7. The largest absolute Gasteiger partial charge is 0.493 e. The van der Waals surface area contributed by atoms with Crippen LogP contribution in [0.3, 0.4) is 0 Å². The van der Waals surface area contributed by atoms with Crippen LogP contribution in [0.5, 0.6) is 5.75 Å². The Morgan fingerprint density at radius 1 is 1.29 bits per heavy atom. The summed E-state index contributed by atoms with van der Waals surface area (Å²) in [4.78, 5) is 0. The van der Waals surface area contributed by atoms with Gasteiger partial charge in [-0.15, -0.1) is 10.2 Å². The molecule has 0 N–H and O–H groups in total. The fraction of sp³-hybridized carbons (Fsp3) is 0.500. The predicted octanol–water partition coefficient (Wildman–Crippen LogP) is 2.20. The smallest absolute Gasteiger partial charge is 0.191 e. The summed E-state index contributed by atoms with van der Waals surface area (Å²) in [5, 5.41) is 9.18. The summed E-state index contributed by atoms with van der Waals surface area (Å²) in [7, 11) is -1.02. The molecule has 2 aromatic rings. The van der Waals surface area contributed by atoms with Crippen molar-refractivity contribution in [2.75, 3.05) is 23.9 Å². The highest BCUT2D eigenvalue weighted by atomic mass is 32.2.